The summed E-state index contributed by atoms with van der Waals surface area (Å²) in [5, 5.41) is 10.6. The number of H-pyrrole nitrogens is 1. The van der Waals surface area contributed by atoms with Crippen LogP contribution in [0.3, 0.4) is 0 Å². The lowest BCUT2D eigenvalue weighted by Gasteiger charge is -2.02. The number of carbonyl (C=O) groups excluding carboxylic acids is 1. The number of benzene rings is 2. The molecule has 0 spiro atoms. The van der Waals surface area contributed by atoms with Crippen molar-refractivity contribution in [1.29, 1.82) is 0 Å². The number of hydrogen-bond donors (Lipinski definition) is 1. The molecule has 0 saturated heterocycles. The average molecular weight is 295 g/mol. The molecule has 0 aliphatic rings. The van der Waals surface area contributed by atoms with Gasteiger partial charge < -0.3 is 4.98 Å². The van der Waals surface area contributed by atoms with E-state index >= 15 is 0 Å². The lowest BCUT2D eigenvalue weighted by Crippen LogP contribution is -2.20. The zero-order chi connectivity index (χ0) is 15.7. The summed E-state index contributed by atoms with van der Waals surface area (Å²) in [7, 11) is 0. The van der Waals surface area contributed by atoms with Crippen LogP contribution in [0.2, 0.25) is 0 Å². The van der Waals surface area contributed by atoms with Crippen molar-refractivity contribution in [2.75, 3.05) is 0 Å². The fourth-order valence-electron chi connectivity index (χ4n) is 2.05. The zero-order valence-electron chi connectivity index (χ0n) is 11.1. The van der Waals surface area contributed by atoms with Crippen LogP contribution >= 0.6 is 0 Å². The first-order valence-corrected chi connectivity index (χ1v) is 6.34. The summed E-state index contributed by atoms with van der Waals surface area (Å²) < 4.78 is 0. The average Bonchev–Trinajstić information content (AvgIpc) is 2.53. The number of para-hydroxylation sites is 2. The first-order valence-electron chi connectivity index (χ1n) is 6.34. The summed E-state index contributed by atoms with van der Waals surface area (Å²) in [6, 6.07) is 11.9. The smallest absolute Gasteiger partial charge is 0.278 e. The second-order valence-electron chi connectivity index (χ2n) is 4.56. The predicted octanol–water partition coefficient (Wildman–Crippen LogP) is 2.06. The van der Waals surface area contributed by atoms with E-state index in [9.17, 15) is 19.7 Å². The highest BCUT2D eigenvalue weighted by molar-refractivity contribution is 6.08. The van der Waals surface area contributed by atoms with Gasteiger partial charge in [-0.15, -0.1) is 0 Å². The van der Waals surface area contributed by atoms with Crippen LogP contribution < -0.4 is 5.56 Å². The molecule has 3 aromatic rings. The van der Waals surface area contributed by atoms with Gasteiger partial charge in [-0.3, -0.25) is 19.7 Å². The van der Waals surface area contributed by atoms with Gasteiger partial charge in [0.05, 0.1) is 16.0 Å². The highest BCUT2D eigenvalue weighted by Crippen LogP contribution is 2.14. The number of aromatic amines is 1. The van der Waals surface area contributed by atoms with Crippen LogP contribution in [0, 0.1) is 10.1 Å². The summed E-state index contributed by atoms with van der Waals surface area (Å²) >= 11 is 0. The highest BCUT2D eigenvalue weighted by atomic mass is 16.6. The summed E-state index contributed by atoms with van der Waals surface area (Å²) in [5.74, 6) is -0.582. The van der Waals surface area contributed by atoms with Crippen LogP contribution in [0.5, 0.6) is 0 Å². The van der Waals surface area contributed by atoms with Crippen molar-refractivity contribution in [3.8, 4) is 0 Å². The molecule has 7 heteroatoms. The number of non-ortho nitro benzene ring substituents is 1. The molecule has 0 fully saturated rings. The molecule has 0 aliphatic heterocycles. The molecule has 1 aromatic heterocycles. The fraction of sp³-hybridized carbons (Fsp3) is 0. The van der Waals surface area contributed by atoms with Crippen LogP contribution in [0.1, 0.15) is 16.1 Å². The van der Waals surface area contributed by atoms with E-state index in [2.05, 4.69) is 9.97 Å². The Hall–Kier alpha value is -3.35. The van der Waals surface area contributed by atoms with Crippen LogP contribution in [0.25, 0.3) is 11.0 Å². The molecule has 3 rings (SSSR count). The molecule has 0 saturated carbocycles. The van der Waals surface area contributed by atoms with Crippen molar-refractivity contribution >= 4 is 22.5 Å². The molecular formula is C15H9N3O4. The largest absolute Gasteiger partial charge is 0.319 e. The molecule has 0 atom stereocenters. The second-order valence-corrected chi connectivity index (χ2v) is 4.56. The van der Waals surface area contributed by atoms with Gasteiger partial charge in [0.15, 0.2) is 5.69 Å². The molecule has 22 heavy (non-hydrogen) atoms. The minimum atomic E-state index is -0.595. The van der Waals surface area contributed by atoms with Gasteiger partial charge in [-0.25, -0.2) is 4.98 Å². The van der Waals surface area contributed by atoms with E-state index in [0.29, 0.717) is 11.0 Å². The van der Waals surface area contributed by atoms with E-state index in [1.54, 1.807) is 24.3 Å². The Labute approximate surface area is 123 Å². The molecule has 0 amide bonds. The highest BCUT2D eigenvalue weighted by Gasteiger charge is 2.17. The Kier molecular flexibility index (Phi) is 3.23. The minimum Gasteiger partial charge on any atom is -0.319 e. The minimum absolute atomic E-state index is 0.128. The van der Waals surface area contributed by atoms with Gasteiger partial charge in [0, 0.05) is 17.7 Å². The van der Waals surface area contributed by atoms with E-state index in [0.717, 1.165) is 0 Å². The van der Waals surface area contributed by atoms with Crippen molar-refractivity contribution in [3.05, 3.63) is 80.3 Å². The van der Waals surface area contributed by atoms with Gasteiger partial charge in [-0.05, 0) is 24.3 Å². The van der Waals surface area contributed by atoms with Crippen molar-refractivity contribution < 1.29 is 9.72 Å². The summed E-state index contributed by atoms with van der Waals surface area (Å²) in [5.41, 5.74) is 0.227. The predicted molar refractivity (Wildman–Crippen MR) is 78.9 cm³/mol. The molecule has 1 heterocycles. The van der Waals surface area contributed by atoms with Gasteiger partial charge in [-0.1, -0.05) is 12.1 Å². The Morgan fingerprint density at radius 1 is 1.09 bits per heavy atom. The molecule has 108 valence electrons. The molecule has 0 radical (unpaired) electrons. The first-order chi connectivity index (χ1) is 10.6. The Morgan fingerprint density at radius 3 is 2.45 bits per heavy atom. The van der Waals surface area contributed by atoms with Crippen LogP contribution in [-0.2, 0) is 0 Å². The van der Waals surface area contributed by atoms with E-state index < -0.39 is 16.3 Å². The number of nitrogens with zero attached hydrogens (tertiary/aromatic N) is 2. The van der Waals surface area contributed by atoms with Crippen molar-refractivity contribution in [2.24, 2.45) is 0 Å². The Balaban J connectivity index is 2.06. The first kappa shape index (κ1) is 13.6. The van der Waals surface area contributed by atoms with Gasteiger partial charge >= 0.3 is 0 Å². The number of aromatic nitrogens is 2. The number of rotatable bonds is 3. The zero-order valence-corrected chi connectivity index (χ0v) is 11.1. The number of carbonyl (C=O) groups is 1. The van der Waals surface area contributed by atoms with Crippen LogP contribution in [-0.4, -0.2) is 20.7 Å². The molecule has 2 aromatic carbocycles. The third kappa shape index (κ3) is 2.35. The number of fused-ring (bicyclic) bond motifs is 1. The van der Waals surface area contributed by atoms with Crippen molar-refractivity contribution in [2.45, 2.75) is 0 Å². The lowest BCUT2D eigenvalue weighted by atomic mass is 10.1. The molecule has 7 nitrogen and oxygen atoms in total. The monoisotopic (exact) mass is 295 g/mol. The van der Waals surface area contributed by atoms with Crippen LogP contribution in [0.4, 0.5) is 5.69 Å². The topological polar surface area (TPSA) is 106 Å². The number of ketones is 1. The summed E-state index contributed by atoms with van der Waals surface area (Å²) in [4.78, 5) is 41.0. The van der Waals surface area contributed by atoms with E-state index in [-0.39, 0.29) is 16.9 Å². The standard InChI is InChI=1S/C15H9N3O4/c19-14(9-5-7-10(8-6-9)18(21)22)13-15(20)17-12-4-2-1-3-11(12)16-13/h1-8H,(H,17,20). The van der Waals surface area contributed by atoms with E-state index in [1.807, 2.05) is 0 Å². The molecule has 1 N–H and O–H groups in total. The van der Waals surface area contributed by atoms with Gasteiger partial charge in [0.25, 0.3) is 11.2 Å². The molecule has 0 unspecified atom stereocenters. The summed E-state index contributed by atoms with van der Waals surface area (Å²) in [6.45, 7) is 0. The third-order valence-electron chi connectivity index (χ3n) is 3.15. The van der Waals surface area contributed by atoms with E-state index in [4.69, 9.17) is 0 Å². The van der Waals surface area contributed by atoms with Crippen LogP contribution in [0.15, 0.2) is 53.3 Å². The quantitative estimate of drug-likeness (QED) is 0.452. The van der Waals surface area contributed by atoms with E-state index in [1.165, 1.54) is 24.3 Å². The van der Waals surface area contributed by atoms with Crippen molar-refractivity contribution in [1.82, 2.24) is 9.97 Å². The van der Waals surface area contributed by atoms with Gasteiger partial charge in [0.2, 0.25) is 5.78 Å². The SMILES string of the molecule is O=C(c1ccc([N+](=O)[O-])cc1)c1nc2ccccc2[nH]c1=O. The van der Waals surface area contributed by atoms with Gasteiger partial charge in [-0.2, -0.15) is 0 Å². The fourth-order valence-corrected chi connectivity index (χ4v) is 2.05. The third-order valence-corrected chi connectivity index (χ3v) is 3.15. The Bertz CT molecular complexity index is 945. The maximum Gasteiger partial charge on any atom is 0.278 e. The number of nitro benzene ring substituents is 1. The molecular weight excluding hydrogens is 286 g/mol. The van der Waals surface area contributed by atoms with Crippen molar-refractivity contribution in [3.63, 3.8) is 0 Å². The Morgan fingerprint density at radius 2 is 1.77 bits per heavy atom. The molecule has 0 aliphatic carbocycles. The number of nitro groups is 1. The maximum absolute atomic E-state index is 12.3. The number of hydrogen-bond acceptors (Lipinski definition) is 5. The summed E-state index contributed by atoms with van der Waals surface area (Å²) in [6.07, 6.45) is 0. The molecule has 0 bridgehead atoms. The van der Waals surface area contributed by atoms with Gasteiger partial charge in [0.1, 0.15) is 0 Å². The lowest BCUT2D eigenvalue weighted by molar-refractivity contribution is -0.384. The second kappa shape index (κ2) is 5.21. The number of nitrogens with one attached hydrogen (secondary N) is 1. The maximum atomic E-state index is 12.3. The normalized spacial score (nSPS) is 10.5.